The summed E-state index contributed by atoms with van der Waals surface area (Å²) < 4.78 is 0. The first kappa shape index (κ1) is 19.9. The van der Waals surface area contributed by atoms with Gasteiger partial charge >= 0.3 is 11.7 Å². The summed E-state index contributed by atoms with van der Waals surface area (Å²) in [5, 5.41) is 27.2. The third-order valence-corrected chi connectivity index (χ3v) is 4.45. The number of hydrogen-bond acceptors (Lipinski definition) is 5. The Labute approximate surface area is 168 Å². The molecule has 0 aliphatic rings. The van der Waals surface area contributed by atoms with Crippen molar-refractivity contribution in [3.63, 3.8) is 0 Å². The lowest BCUT2D eigenvalue weighted by atomic mass is 10.0. The van der Waals surface area contributed by atoms with Crippen LogP contribution >= 0.6 is 0 Å². The Balaban J connectivity index is 1.89. The van der Waals surface area contributed by atoms with Gasteiger partial charge in [-0.15, -0.1) is 0 Å². The van der Waals surface area contributed by atoms with E-state index in [0.29, 0.717) is 12.2 Å². The number of anilines is 2. The number of aliphatic carboxylic acids is 1. The summed E-state index contributed by atoms with van der Waals surface area (Å²) in [4.78, 5) is 22.7. The van der Waals surface area contributed by atoms with E-state index in [0.717, 1.165) is 11.1 Å². The van der Waals surface area contributed by atoms with E-state index in [1.165, 1.54) is 0 Å². The molecule has 0 aliphatic heterocycles. The molecule has 0 radical (unpaired) electrons. The number of hydrogen-bond donors (Lipinski definition) is 3. The molecule has 3 aromatic rings. The van der Waals surface area contributed by atoms with Crippen molar-refractivity contribution in [1.82, 2.24) is 0 Å². The highest BCUT2D eigenvalue weighted by Gasteiger charge is 2.23. The van der Waals surface area contributed by atoms with Crippen molar-refractivity contribution >= 4 is 23.0 Å². The van der Waals surface area contributed by atoms with Crippen LogP contribution in [0.15, 0.2) is 78.9 Å². The molecular weight excluding hydrogens is 370 g/mol. The molecule has 7 heteroatoms. The van der Waals surface area contributed by atoms with Crippen LogP contribution in [0, 0.1) is 10.1 Å². The summed E-state index contributed by atoms with van der Waals surface area (Å²) in [6, 6.07) is 22.9. The molecule has 7 nitrogen and oxygen atoms in total. The zero-order chi connectivity index (χ0) is 20.6. The average Bonchev–Trinajstić information content (AvgIpc) is 2.72. The second kappa shape index (κ2) is 9.36. The fourth-order valence-electron chi connectivity index (χ4n) is 3.09. The van der Waals surface area contributed by atoms with Crippen molar-refractivity contribution in [2.75, 3.05) is 10.6 Å². The second-order valence-electron chi connectivity index (χ2n) is 6.50. The highest BCUT2D eigenvalue weighted by atomic mass is 16.6. The van der Waals surface area contributed by atoms with Gasteiger partial charge in [-0.05, 0) is 23.3 Å². The van der Waals surface area contributed by atoms with Crippen molar-refractivity contribution in [2.45, 2.75) is 19.0 Å². The maximum absolute atomic E-state index is 11.8. The second-order valence-corrected chi connectivity index (χ2v) is 6.50. The third-order valence-electron chi connectivity index (χ3n) is 4.45. The Hall–Kier alpha value is -3.87. The molecule has 0 fully saturated rings. The van der Waals surface area contributed by atoms with E-state index in [-0.39, 0.29) is 17.8 Å². The van der Waals surface area contributed by atoms with Gasteiger partial charge < -0.3 is 15.7 Å². The monoisotopic (exact) mass is 391 g/mol. The van der Waals surface area contributed by atoms with Gasteiger partial charge in [0.1, 0.15) is 11.4 Å². The standard InChI is InChI=1S/C22H21N3O4/c26-21(27)14-20(17-10-5-2-6-11-17)24-19-13-7-12-18(22(19)25(28)29)23-15-16-8-3-1-4-9-16/h1-13,20,23-24H,14-15H2,(H,26,27). The molecule has 0 amide bonds. The van der Waals surface area contributed by atoms with E-state index in [1.54, 1.807) is 42.5 Å². The number of nitrogens with zero attached hydrogens (tertiary/aromatic N) is 1. The number of carbonyl (C=O) groups is 1. The van der Waals surface area contributed by atoms with Gasteiger partial charge in [0, 0.05) is 6.54 Å². The number of nitro benzene ring substituents is 1. The molecular formula is C22H21N3O4. The van der Waals surface area contributed by atoms with Crippen LogP contribution in [0.25, 0.3) is 0 Å². The van der Waals surface area contributed by atoms with Gasteiger partial charge in [-0.2, -0.15) is 0 Å². The van der Waals surface area contributed by atoms with Crippen LogP contribution in [-0.2, 0) is 11.3 Å². The van der Waals surface area contributed by atoms with Crippen molar-refractivity contribution in [2.24, 2.45) is 0 Å². The van der Waals surface area contributed by atoms with Gasteiger partial charge in [-0.1, -0.05) is 66.7 Å². The maximum atomic E-state index is 11.8. The number of carboxylic acid groups (broad SMARTS) is 1. The first-order valence-electron chi connectivity index (χ1n) is 9.13. The molecule has 0 saturated heterocycles. The number of nitro groups is 1. The summed E-state index contributed by atoms with van der Waals surface area (Å²) in [5.74, 6) is -0.993. The number of para-hydroxylation sites is 1. The minimum Gasteiger partial charge on any atom is -0.481 e. The summed E-state index contributed by atoms with van der Waals surface area (Å²) >= 11 is 0. The Bertz CT molecular complexity index is 978. The molecule has 0 spiro atoms. The quantitative estimate of drug-likeness (QED) is 0.356. The van der Waals surface area contributed by atoms with Crippen LogP contribution in [0.1, 0.15) is 23.6 Å². The molecule has 0 aliphatic carbocycles. The number of benzene rings is 3. The molecule has 148 valence electrons. The zero-order valence-corrected chi connectivity index (χ0v) is 15.6. The molecule has 0 saturated carbocycles. The van der Waals surface area contributed by atoms with E-state index < -0.39 is 16.9 Å². The normalized spacial score (nSPS) is 11.4. The van der Waals surface area contributed by atoms with Crippen LogP contribution in [0.4, 0.5) is 17.1 Å². The summed E-state index contributed by atoms with van der Waals surface area (Å²) in [5.41, 5.74) is 2.25. The number of rotatable bonds is 9. The van der Waals surface area contributed by atoms with Gasteiger partial charge in [-0.3, -0.25) is 14.9 Å². The highest BCUT2D eigenvalue weighted by Crippen LogP contribution is 2.36. The fourth-order valence-corrected chi connectivity index (χ4v) is 3.09. The van der Waals surface area contributed by atoms with Gasteiger partial charge in [0.25, 0.3) is 0 Å². The molecule has 3 rings (SSSR count). The summed E-state index contributed by atoms with van der Waals surface area (Å²) in [6.45, 7) is 0.433. The zero-order valence-electron chi connectivity index (χ0n) is 15.6. The van der Waals surface area contributed by atoms with Gasteiger partial charge in [-0.25, -0.2) is 0 Å². The fraction of sp³-hybridized carbons (Fsp3) is 0.136. The minimum atomic E-state index is -0.993. The van der Waals surface area contributed by atoms with E-state index in [2.05, 4.69) is 10.6 Å². The molecule has 0 aromatic heterocycles. The predicted molar refractivity (Wildman–Crippen MR) is 112 cm³/mol. The molecule has 0 bridgehead atoms. The van der Waals surface area contributed by atoms with Gasteiger partial charge in [0.15, 0.2) is 0 Å². The Morgan fingerprint density at radius 3 is 2.17 bits per heavy atom. The first-order valence-corrected chi connectivity index (χ1v) is 9.13. The van der Waals surface area contributed by atoms with E-state index in [4.69, 9.17) is 0 Å². The average molecular weight is 391 g/mol. The molecule has 3 aromatic carbocycles. The lowest BCUT2D eigenvalue weighted by Crippen LogP contribution is -2.16. The first-order chi connectivity index (χ1) is 14.0. The highest BCUT2D eigenvalue weighted by molar-refractivity contribution is 5.77. The van der Waals surface area contributed by atoms with Crippen molar-refractivity contribution in [3.8, 4) is 0 Å². The smallest absolute Gasteiger partial charge is 0.315 e. The Morgan fingerprint density at radius 1 is 0.931 bits per heavy atom. The predicted octanol–water partition coefficient (Wildman–Crippen LogP) is 4.83. The maximum Gasteiger partial charge on any atom is 0.315 e. The number of nitrogens with one attached hydrogen (secondary N) is 2. The van der Waals surface area contributed by atoms with E-state index in [9.17, 15) is 20.0 Å². The summed E-state index contributed by atoms with van der Waals surface area (Å²) in [7, 11) is 0. The van der Waals surface area contributed by atoms with Crippen LogP contribution in [0.2, 0.25) is 0 Å². The van der Waals surface area contributed by atoms with Crippen molar-refractivity contribution in [1.29, 1.82) is 0 Å². The van der Waals surface area contributed by atoms with E-state index >= 15 is 0 Å². The lowest BCUT2D eigenvalue weighted by Gasteiger charge is -2.19. The minimum absolute atomic E-state index is 0.116. The van der Waals surface area contributed by atoms with Crippen LogP contribution < -0.4 is 10.6 Å². The molecule has 1 atom stereocenters. The van der Waals surface area contributed by atoms with Crippen molar-refractivity contribution in [3.05, 3.63) is 100 Å². The summed E-state index contributed by atoms with van der Waals surface area (Å²) in [6.07, 6.45) is -0.206. The lowest BCUT2D eigenvalue weighted by molar-refractivity contribution is -0.383. The largest absolute Gasteiger partial charge is 0.481 e. The third kappa shape index (κ3) is 5.32. The Kier molecular flexibility index (Phi) is 6.42. The van der Waals surface area contributed by atoms with Gasteiger partial charge in [0.05, 0.1) is 17.4 Å². The molecule has 0 heterocycles. The molecule has 29 heavy (non-hydrogen) atoms. The topological polar surface area (TPSA) is 104 Å². The SMILES string of the molecule is O=C(O)CC(Nc1cccc(NCc2ccccc2)c1[N+](=O)[O-])c1ccccc1. The van der Waals surface area contributed by atoms with E-state index in [1.807, 2.05) is 36.4 Å². The van der Waals surface area contributed by atoms with Crippen molar-refractivity contribution < 1.29 is 14.8 Å². The molecule has 1 unspecified atom stereocenters. The van der Waals surface area contributed by atoms with Crippen LogP contribution in [0.3, 0.4) is 0 Å². The van der Waals surface area contributed by atoms with Crippen LogP contribution in [-0.4, -0.2) is 16.0 Å². The molecule has 3 N–H and O–H groups in total. The van der Waals surface area contributed by atoms with Gasteiger partial charge in [0.2, 0.25) is 0 Å². The Morgan fingerprint density at radius 2 is 1.55 bits per heavy atom. The number of carboxylic acids is 1. The van der Waals surface area contributed by atoms with Crippen LogP contribution in [0.5, 0.6) is 0 Å².